The summed E-state index contributed by atoms with van der Waals surface area (Å²) in [4.78, 5) is 51.1. The zero-order valence-corrected chi connectivity index (χ0v) is 18.0. The van der Waals surface area contributed by atoms with Crippen molar-refractivity contribution in [3.63, 3.8) is 0 Å². The molecule has 1 aromatic carbocycles. The average molecular weight is 433 g/mol. The minimum Gasteiger partial charge on any atom is -0.480 e. The van der Waals surface area contributed by atoms with E-state index in [0.29, 0.717) is 29.7 Å². The van der Waals surface area contributed by atoms with Crippen LogP contribution in [0, 0.1) is 11.8 Å². The van der Waals surface area contributed by atoms with Crippen molar-refractivity contribution in [2.75, 3.05) is 18.1 Å². The summed E-state index contributed by atoms with van der Waals surface area (Å²) in [5.41, 5.74) is 0.803. The number of carbonyl (C=O) groups excluding carboxylic acids is 3. The summed E-state index contributed by atoms with van der Waals surface area (Å²) in [5.74, 6) is -0.967. The van der Waals surface area contributed by atoms with Crippen molar-refractivity contribution in [2.24, 2.45) is 11.8 Å². The molecule has 7 nitrogen and oxygen atoms in total. The lowest BCUT2D eigenvalue weighted by molar-refractivity contribution is -0.143. The van der Waals surface area contributed by atoms with Crippen molar-refractivity contribution in [3.05, 3.63) is 35.4 Å². The smallest absolute Gasteiger partial charge is 0.326 e. The number of benzene rings is 1. The molecular weight excluding hydrogens is 404 g/mol. The first-order valence-corrected chi connectivity index (χ1v) is 11.7. The molecule has 162 valence electrons. The molecule has 2 aliphatic rings. The quantitative estimate of drug-likeness (QED) is 0.459. The zero-order chi connectivity index (χ0) is 21.7. The van der Waals surface area contributed by atoms with E-state index < -0.39 is 17.9 Å². The predicted octanol–water partition coefficient (Wildman–Crippen LogP) is 2.80. The lowest BCUT2D eigenvalue weighted by atomic mass is 9.78. The van der Waals surface area contributed by atoms with Crippen LogP contribution in [0.2, 0.25) is 0 Å². The maximum Gasteiger partial charge on any atom is 0.326 e. The molecule has 2 N–H and O–H groups in total. The maximum atomic E-state index is 12.9. The molecule has 3 amide bonds. The highest BCUT2D eigenvalue weighted by Gasteiger charge is 2.40. The van der Waals surface area contributed by atoms with Crippen molar-refractivity contribution in [1.29, 1.82) is 0 Å². The summed E-state index contributed by atoms with van der Waals surface area (Å²) in [6, 6.07) is 5.83. The first-order valence-electron chi connectivity index (χ1n) is 10.5. The number of hydrogen-bond acceptors (Lipinski definition) is 5. The van der Waals surface area contributed by atoms with Gasteiger partial charge in [-0.25, -0.2) is 4.79 Å². The molecule has 0 saturated heterocycles. The number of aliphatic carboxylic acids is 1. The summed E-state index contributed by atoms with van der Waals surface area (Å²) in [5, 5.41) is 12.2. The van der Waals surface area contributed by atoms with E-state index in [-0.39, 0.29) is 30.2 Å². The van der Waals surface area contributed by atoms with E-state index in [9.17, 15) is 24.3 Å². The Morgan fingerprint density at radius 3 is 2.40 bits per heavy atom. The van der Waals surface area contributed by atoms with Crippen molar-refractivity contribution in [1.82, 2.24) is 10.2 Å². The zero-order valence-electron chi connectivity index (χ0n) is 17.1. The van der Waals surface area contributed by atoms with Crippen LogP contribution in [0.4, 0.5) is 0 Å². The Labute approximate surface area is 180 Å². The van der Waals surface area contributed by atoms with E-state index in [0.717, 1.165) is 25.0 Å². The predicted molar refractivity (Wildman–Crippen MR) is 114 cm³/mol. The van der Waals surface area contributed by atoms with E-state index in [4.69, 9.17) is 0 Å². The largest absolute Gasteiger partial charge is 0.480 e. The van der Waals surface area contributed by atoms with Crippen LogP contribution in [0.15, 0.2) is 24.3 Å². The molecule has 1 aromatic rings. The number of hydrogen-bond donors (Lipinski definition) is 2. The molecule has 0 bridgehead atoms. The Morgan fingerprint density at radius 1 is 1.17 bits per heavy atom. The molecule has 1 aliphatic heterocycles. The molecule has 8 heteroatoms. The number of nitrogens with one attached hydrogen (secondary N) is 1. The lowest BCUT2D eigenvalue weighted by Crippen LogP contribution is -2.48. The molecule has 1 aliphatic carbocycles. The number of fused-ring (bicyclic) bond motifs is 1. The van der Waals surface area contributed by atoms with Crippen molar-refractivity contribution in [2.45, 2.75) is 45.1 Å². The summed E-state index contributed by atoms with van der Waals surface area (Å²) < 4.78 is 0. The van der Waals surface area contributed by atoms with Gasteiger partial charge >= 0.3 is 5.97 Å². The van der Waals surface area contributed by atoms with Crippen LogP contribution >= 0.6 is 11.8 Å². The highest BCUT2D eigenvalue weighted by atomic mass is 32.2. The van der Waals surface area contributed by atoms with Gasteiger partial charge in [-0.2, -0.15) is 11.8 Å². The van der Waals surface area contributed by atoms with Gasteiger partial charge in [0.25, 0.3) is 11.8 Å². The van der Waals surface area contributed by atoms with E-state index in [1.807, 2.05) is 6.92 Å². The molecule has 30 heavy (non-hydrogen) atoms. The number of carboxylic acids is 1. The van der Waals surface area contributed by atoms with Gasteiger partial charge in [0.2, 0.25) is 5.91 Å². The van der Waals surface area contributed by atoms with Gasteiger partial charge in [-0.3, -0.25) is 19.3 Å². The second-order valence-electron chi connectivity index (χ2n) is 7.80. The van der Waals surface area contributed by atoms with Crippen LogP contribution in [0.3, 0.4) is 0 Å². The summed E-state index contributed by atoms with van der Waals surface area (Å²) >= 11 is 1.64. The normalized spacial score (nSPS) is 22.0. The van der Waals surface area contributed by atoms with Gasteiger partial charge in [0.1, 0.15) is 6.04 Å². The van der Waals surface area contributed by atoms with E-state index in [1.54, 1.807) is 36.0 Å². The Balaban J connectivity index is 1.67. The minimum atomic E-state index is -1.03. The molecule has 3 rings (SSSR count). The number of thioether (sulfide) groups is 1. The van der Waals surface area contributed by atoms with Crippen LogP contribution < -0.4 is 5.32 Å². The average Bonchev–Trinajstić information content (AvgIpc) is 2.98. The monoisotopic (exact) mass is 432 g/mol. The molecule has 0 radical (unpaired) electrons. The van der Waals surface area contributed by atoms with Crippen LogP contribution in [0.5, 0.6) is 0 Å². The summed E-state index contributed by atoms with van der Waals surface area (Å²) in [6.07, 6.45) is 3.53. The Morgan fingerprint density at radius 2 is 1.80 bits per heavy atom. The van der Waals surface area contributed by atoms with Crippen LogP contribution in [0.25, 0.3) is 0 Å². The van der Waals surface area contributed by atoms with E-state index >= 15 is 0 Å². The van der Waals surface area contributed by atoms with E-state index in [1.165, 1.54) is 4.90 Å². The second-order valence-corrected chi connectivity index (χ2v) is 9.20. The van der Waals surface area contributed by atoms with Crippen molar-refractivity contribution < 1.29 is 24.3 Å². The van der Waals surface area contributed by atoms with Gasteiger partial charge in [-0.05, 0) is 48.8 Å². The minimum absolute atomic E-state index is 0.166. The second kappa shape index (κ2) is 10.1. The SMILES string of the molecule is CCSCCC(NC(=O)C1CCCCC1CN1C(=O)c2ccccc2C1=O)C(=O)O. The van der Waals surface area contributed by atoms with Gasteiger partial charge in [0.05, 0.1) is 11.1 Å². The third-order valence-corrected chi connectivity index (χ3v) is 6.84. The summed E-state index contributed by atoms with van der Waals surface area (Å²) in [7, 11) is 0. The Kier molecular flexibility index (Phi) is 7.53. The van der Waals surface area contributed by atoms with Gasteiger partial charge < -0.3 is 10.4 Å². The van der Waals surface area contributed by atoms with Crippen LogP contribution in [-0.4, -0.2) is 57.8 Å². The fourth-order valence-corrected chi connectivity index (χ4v) is 4.98. The number of rotatable bonds is 9. The number of carbonyl (C=O) groups is 4. The summed E-state index contributed by atoms with van der Waals surface area (Å²) in [6.45, 7) is 2.19. The highest BCUT2D eigenvalue weighted by Crippen LogP contribution is 2.33. The first-order chi connectivity index (χ1) is 14.4. The van der Waals surface area contributed by atoms with Gasteiger partial charge in [0.15, 0.2) is 0 Å². The molecule has 3 atom stereocenters. The first kappa shape index (κ1) is 22.3. The van der Waals surface area contributed by atoms with Gasteiger partial charge in [-0.1, -0.05) is 31.9 Å². The number of carboxylic acid groups (broad SMARTS) is 1. The van der Waals surface area contributed by atoms with Gasteiger partial charge in [-0.15, -0.1) is 0 Å². The maximum absolute atomic E-state index is 12.9. The molecular formula is C22H28N2O5S. The Hall–Kier alpha value is -2.35. The third-order valence-electron chi connectivity index (χ3n) is 5.91. The van der Waals surface area contributed by atoms with Crippen LogP contribution in [0.1, 0.15) is 59.7 Å². The molecule has 3 unspecified atom stereocenters. The molecule has 1 fully saturated rings. The lowest BCUT2D eigenvalue weighted by Gasteiger charge is -2.33. The van der Waals surface area contributed by atoms with Gasteiger partial charge in [0, 0.05) is 12.5 Å². The topological polar surface area (TPSA) is 104 Å². The molecule has 1 heterocycles. The fourth-order valence-electron chi connectivity index (χ4n) is 4.29. The standard InChI is InChI=1S/C22H28N2O5S/c1-2-30-12-11-18(22(28)29)23-19(25)15-8-4-3-7-14(15)13-24-20(26)16-9-5-6-10-17(16)21(24)27/h5-6,9-10,14-15,18H,2-4,7-8,11-13H2,1H3,(H,23,25)(H,28,29). The molecule has 0 spiro atoms. The van der Waals surface area contributed by atoms with Crippen molar-refractivity contribution >= 4 is 35.5 Å². The highest BCUT2D eigenvalue weighted by molar-refractivity contribution is 7.99. The van der Waals surface area contributed by atoms with Crippen molar-refractivity contribution in [3.8, 4) is 0 Å². The molecule has 0 aromatic heterocycles. The molecule has 1 saturated carbocycles. The Bertz CT molecular complexity index is 793. The van der Waals surface area contributed by atoms with Crippen LogP contribution in [-0.2, 0) is 9.59 Å². The van der Waals surface area contributed by atoms with E-state index in [2.05, 4.69) is 5.32 Å². The number of amides is 3. The number of nitrogens with zero attached hydrogens (tertiary/aromatic N) is 1. The third kappa shape index (κ3) is 4.86. The number of imide groups is 1. The fraction of sp³-hybridized carbons (Fsp3) is 0.545.